The highest BCUT2D eigenvalue weighted by molar-refractivity contribution is 4.77. The maximum Gasteiger partial charge on any atom is 0.168 e. The fourth-order valence-corrected chi connectivity index (χ4v) is 1.35. The van der Waals surface area contributed by atoms with Crippen molar-refractivity contribution in [2.75, 3.05) is 6.61 Å². The molecule has 1 saturated heterocycles. The maximum absolute atomic E-state index is 9.74. The van der Waals surface area contributed by atoms with Crippen molar-refractivity contribution in [3.63, 3.8) is 0 Å². The highest BCUT2D eigenvalue weighted by atomic mass is 16.6. The third-order valence-electron chi connectivity index (χ3n) is 2.41. The molecule has 10 heavy (non-hydrogen) atoms. The van der Waals surface area contributed by atoms with Crippen LogP contribution in [0.2, 0.25) is 0 Å². The minimum atomic E-state index is -0.797. The van der Waals surface area contributed by atoms with Crippen LogP contribution in [0.4, 0.5) is 0 Å². The molecule has 1 fully saturated rings. The Hall–Kier alpha value is -0.0800. The number of hydrogen-bond donors (Lipinski definition) is 1. The van der Waals surface area contributed by atoms with Crippen molar-refractivity contribution < 1.29 is 9.84 Å². The lowest BCUT2D eigenvalue weighted by atomic mass is 9.96. The average molecular weight is 144 g/mol. The number of rotatable bonds is 2. The van der Waals surface area contributed by atoms with Crippen molar-refractivity contribution >= 4 is 0 Å². The normalized spacial score (nSPS) is 36.3. The topological polar surface area (TPSA) is 29.5 Å². The van der Waals surface area contributed by atoms with Gasteiger partial charge in [-0.2, -0.15) is 0 Å². The fourth-order valence-electron chi connectivity index (χ4n) is 1.35. The van der Waals surface area contributed by atoms with Crippen LogP contribution in [0.1, 0.15) is 33.1 Å². The van der Waals surface area contributed by atoms with Gasteiger partial charge >= 0.3 is 0 Å². The van der Waals surface area contributed by atoms with Crippen molar-refractivity contribution in [2.45, 2.75) is 38.9 Å². The Morgan fingerprint density at radius 3 is 2.80 bits per heavy atom. The second-order valence-corrected chi connectivity index (χ2v) is 3.11. The Morgan fingerprint density at radius 1 is 1.70 bits per heavy atom. The molecule has 0 radical (unpaired) electrons. The molecule has 2 nitrogen and oxygen atoms in total. The Morgan fingerprint density at radius 2 is 2.40 bits per heavy atom. The largest absolute Gasteiger partial charge is 0.365 e. The van der Waals surface area contributed by atoms with E-state index in [0.717, 1.165) is 25.9 Å². The molecule has 0 bridgehead atoms. The van der Waals surface area contributed by atoms with Crippen LogP contribution in [-0.2, 0) is 4.74 Å². The summed E-state index contributed by atoms with van der Waals surface area (Å²) in [5.41, 5.74) is 0. The van der Waals surface area contributed by atoms with Gasteiger partial charge in [-0.1, -0.05) is 13.8 Å². The van der Waals surface area contributed by atoms with Crippen molar-refractivity contribution in [2.24, 2.45) is 5.92 Å². The van der Waals surface area contributed by atoms with Crippen LogP contribution in [0, 0.1) is 5.92 Å². The zero-order chi connectivity index (χ0) is 7.61. The second-order valence-electron chi connectivity index (χ2n) is 3.11. The molecule has 2 atom stereocenters. The molecule has 0 aliphatic carbocycles. The zero-order valence-corrected chi connectivity index (χ0v) is 6.76. The summed E-state index contributed by atoms with van der Waals surface area (Å²) in [4.78, 5) is 0. The van der Waals surface area contributed by atoms with Crippen molar-refractivity contribution in [1.29, 1.82) is 0 Å². The Kier molecular flexibility index (Phi) is 2.32. The van der Waals surface area contributed by atoms with Gasteiger partial charge in [0, 0.05) is 12.3 Å². The molecule has 1 N–H and O–H groups in total. The highest BCUT2D eigenvalue weighted by Crippen LogP contribution is 2.31. The van der Waals surface area contributed by atoms with E-state index in [9.17, 15) is 5.11 Å². The van der Waals surface area contributed by atoms with Gasteiger partial charge in [-0.15, -0.1) is 0 Å². The quantitative estimate of drug-likeness (QED) is 0.637. The van der Waals surface area contributed by atoms with Gasteiger partial charge in [0.25, 0.3) is 0 Å². The summed E-state index contributed by atoms with van der Waals surface area (Å²) >= 11 is 0. The fraction of sp³-hybridized carbons (Fsp3) is 1.00. The van der Waals surface area contributed by atoms with E-state index in [1.807, 2.05) is 6.92 Å². The van der Waals surface area contributed by atoms with Crippen molar-refractivity contribution in [1.82, 2.24) is 0 Å². The predicted molar refractivity (Wildman–Crippen MR) is 39.6 cm³/mol. The molecule has 2 unspecified atom stereocenters. The lowest BCUT2D eigenvalue weighted by molar-refractivity contribution is -0.203. The van der Waals surface area contributed by atoms with Gasteiger partial charge in [-0.25, -0.2) is 0 Å². The van der Waals surface area contributed by atoms with Crippen LogP contribution in [-0.4, -0.2) is 17.5 Å². The van der Waals surface area contributed by atoms with Gasteiger partial charge in [0.1, 0.15) is 0 Å². The molecule has 0 aromatic rings. The van der Waals surface area contributed by atoms with Crippen LogP contribution in [0.25, 0.3) is 0 Å². The minimum Gasteiger partial charge on any atom is -0.365 e. The predicted octanol–water partition coefficient (Wildman–Crippen LogP) is 1.53. The molecule has 1 heterocycles. The first-order valence-corrected chi connectivity index (χ1v) is 4.05. The summed E-state index contributed by atoms with van der Waals surface area (Å²) in [5, 5.41) is 9.74. The summed E-state index contributed by atoms with van der Waals surface area (Å²) < 4.78 is 5.25. The van der Waals surface area contributed by atoms with Gasteiger partial charge in [0.2, 0.25) is 0 Å². The number of aliphatic hydroxyl groups is 1. The summed E-state index contributed by atoms with van der Waals surface area (Å²) in [5.74, 6) is -0.524. The SMILES string of the molecule is CCC(C)C1(O)CCCO1. The minimum absolute atomic E-state index is 0.273. The lowest BCUT2D eigenvalue weighted by Gasteiger charge is -2.27. The smallest absolute Gasteiger partial charge is 0.168 e. The van der Waals surface area contributed by atoms with Crippen molar-refractivity contribution in [3.05, 3.63) is 0 Å². The number of hydrogen-bond acceptors (Lipinski definition) is 2. The van der Waals surface area contributed by atoms with E-state index in [2.05, 4.69) is 6.92 Å². The molecular formula is C8H16O2. The summed E-state index contributed by atoms with van der Waals surface area (Å²) in [6.45, 7) is 4.83. The molecule has 60 valence electrons. The van der Waals surface area contributed by atoms with E-state index >= 15 is 0 Å². The molecular weight excluding hydrogens is 128 g/mol. The van der Waals surface area contributed by atoms with Gasteiger partial charge in [0.15, 0.2) is 5.79 Å². The average Bonchev–Trinajstić information content (AvgIpc) is 2.36. The molecule has 1 aliphatic rings. The summed E-state index contributed by atoms with van der Waals surface area (Å²) in [7, 11) is 0. The van der Waals surface area contributed by atoms with Gasteiger partial charge in [-0.3, -0.25) is 0 Å². The van der Waals surface area contributed by atoms with Crippen molar-refractivity contribution in [3.8, 4) is 0 Å². The highest BCUT2D eigenvalue weighted by Gasteiger charge is 2.36. The van der Waals surface area contributed by atoms with E-state index in [0.29, 0.717) is 0 Å². The maximum atomic E-state index is 9.74. The van der Waals surface area contributed by atoms with Crippen LogP contribution >= 0.6 is 0 Å². The van der Waals surface area contributed by atoms with Gasteiger partial charge in [0.05, 0.1) is 6.61 Å². The Labute approximate surface area is 62.2 Å². The van der Waals surface area contributed by atoms with Gasteiger partial charge < -0.3 is 9.84 Å². The number of ether oxygens (including phenoxy) is 1. The first-order valence-electron chi connectivity index (χ1n) is 4.05. The molecule has 0 aromatic carbocycles. The molecule has 1 rings (SSSR count). The van der Waals surface area contributed by atoms with Gasteiger partial charge in [-0.05, 0) is 12.8 Å². The molecule has 2 heteroatoms. The zero-order valence-electron chi connectivity index (χ0n) is 6.76. The van der Waals surface area contributed by atoms with E-state index < -0.39 is 5.79 Å². The summed E-state index contributed by atoms with van der Waals surface area (Å²) in [6.07, 6.45) is 2.79. The second kappa shape index (κ2) is 2.89. The molecule has 1 aliphatic heterocycles. The van der Waals surface area contributed by atoms with E-state index in [1.165, 1.54) is 0 Å². The van der Waals surface area contributed by atoms with E-state index in [1.54, 1.807) is 0 Å². The van der Waals surface area contributed by atoms with Crippen LogP contribution in [0.15, 0.2) is 0 Å². The van der Waals surface area contributed by atoms with Crippen LogP contribution < -0.4 is 0 Å². The van der Waals surface area contributed by atoms with Crippen LogP contribution in [0.3, 0.4) is 0 Å². The Balaban J connectivity index is 2.49. The lowest BCUT2D eigenvalue weighted by Crippen LogP contribution is -2.34. The molecule has 0 spiro atoms. The first kappa shape index (κ1) is 8.02. The molecule has 0 saturated carbocycles. The molecule has 0 aromatic heterocycles. The molecule has 0 amide bonds. The third kappa shape index (κ3) is 1.32. The summed E-state index contributed by atoms with van der Waals surface area (Å²) in [6, 6.07) is 0. The monoisotopic (exact) mass is 144 g/mol. The first-order chi connectivity index (χ1) is 4.69. The van der Waals surface area contributed by atoms with E-state index in [-0.39, 0.29) is 5.92 Å². The van der Waals surface area contributed by atoms with E-state index in [4.69, 9.17) is 4.74 Å². The van der Waals surface area contributed by atoms with Crippen LogP contribution in [0.5, 0.6) is 0 Å². The Bertz CT molecular complexity index is 106. The standard InChI is InChI=1S/C8H16O2/c1-3-7(2)8(9)5-4-6-10-8/h7,9H,3-6H2,1-2H3. The third-order valence-corrected chi connectivity index (χ3v) is 2.41.